The first-order valence-electron chi connectivity index (χ1n) is 9.07. The maximum absolute atomic E-state index is 13.5. The quantitative estimate of drug-likeness (QED) is 0.566. The van der Waals surface area contributed by atoms with Crippen molar-refractivity contribution in [2.75, 3.05) is 6.54 Å². The summed E-state index contributed by atoms with van der Waals surface area (Å²) < 4.78 is 93.5. The fraction of sp³-hybridized carbons (Fsp3) is 0.143. The van der Waals surface area contributed by atoms with Gasteiger partial charge < -0.3 is 0 Å². The fourth-order valence-corrected chi connectivity index (χ4v) is 5.58. The van der Waals surface area contributed by atoms with Crippen LogP contribution in [0.2, 0.25) is 0 Å². The molecule has 0 bridgehead atoms. The summed E-state index contributed by atoms with van der Waals surface area (Å²) in [5.41, 5.74) is -0.645. The molecular formula is C21H18F3NO4S2. The van der Waals surface area contributed by atoms with Gasteiger partial charge in [0.05, 0.1) is 20.2 Å². The van der Waals surface area contributed by atoms with Crippen molar-refractivity contribution in [2.24, 2.45) is 0 Å². The summed E-state index contributed by atoms with van der Waals surface area (Å²) in [4.78, 5) is -1.84. The molecule has 0 aliphatic rings. The fourth-order valence-electron chi connectivity index (χ4n) is 2.91. The molecule has 0 fully saturated rings. The van der Waals surface area contributed by atoms with Crippen molar-refractivity contribution in [1.29, 1.82) is 0 Å². The van der Waals surface area contributed by atoms with E-state index in [0.29, 0.717) is 12.1 Å². The molecule has 0 aliphatic carbocycles. The van der Waals surface area contributed by atoms with Gasteiger partial charge in [0.25, 0.3) is 0 Å². The van der Waals surface area contributed by atoms with Crippen LogP contribution >= 0.6 is 0 Å². The van der Waals surface area contributed by atoms with E-state index in [9.17, 15) is 30.0 Å². The average Bonchev–Trinajstić information content (AvgIpc) is 2.74. The molecule has 164 valence electrons. The van der Waals surface area contributed by atoms with Gasteiger partial charge in [-0.25, -0.2) is 21.6 Å². The second-order valence-electron chi connectivity index (χ2n) is 6.61. The van der Waals surface area contributed by atoms with E-state index in [2.05, 4.69) is 4.72 Å². The molecule has 3 rings (SSSR count). The topological polar surface area (TPSA) is 80.3 Å². The molecule has 0 aromatic heterocycles. The highest BCUT2D eigenvalue weighted by Gasteiger charge is 2.38. The monoisotopic (exact) mass is 469 g/mol. The molecule has 0 aliphatic heterocycles. The highest BCUT2D eigenvalue weighted by molar-refractivity contribution is 7.91. The van der Waals surface area contributed by atoms with Gasteiger partial charge in [-0.2, -0.15) is 13.2 Å². The van der Waals surface area contributed by atoms with Crippen LogP contribution in [0.25, 0.3) is 0 Å². The summed E-state index contributed by atoms with van der Waals surface area (Å²) in [6.45, 7) is -0.153. The van der Waals surface area contributed by atoms with Crippen LogP contribution in [-0.4, -0.2) is 23.4 Å². The molecule has 0 heterocycles. The predicted molar refractivity (Wildman–Crippen MR) is 109 cm³/mol. The highest BCUT2D eigenvalue weighted by atomic mass is 32.2. The van der Waals surface area contributed by atoms with Gasteiger partial charge in [0.15, 0.2) is 0 Å². The Hall–Kier alpha value is -2.69. The van der Waals surface area contributed by atoms with Crippen LogP contribution < -0.4 is 4.72 Å². The number of benzene rings is 3. The van der Waals surface area contributed by atoms with Gasteiger partial charge >= 0.3 is 6.18 Å². The minimum absolute atomic E-state index is 0.153. The third-order valence-electron chi connectivity index (χ3n) is 4.46. The SMILES string of the molecule is O=S(=O)(NCCc1ccccc1)c1cc(S(=O)(=O)c2ccccc2)ccc1C(F)(F)F. The van der Waals surface area contributed by atoms with E-state index >= 15 is 0 Å². The first-order valence-corrected chi connectivity index (χ1v) is 12.0. The van der Waals surface area contributed by atoms with Crippen LogP contribution in [0.3, 0.4) is 0 Å². The van der Waals surface area contributed by atoms with E-state index in [-0.39, 0.29) is 17.9 Å². The molecule has 0 unspecified atom stereocenters. The second kappa shape index (κ2) is 8.81. The van der Waals surface area contributed by atoms with Crippen LogP contribution in [0.15, 0.2) is 93.5 Å². The van der Waals surface area contributed by atoms with Crippen molar-refractivity contribution >= 4 is 19.9 Å². The van der Waals surface area contributed by atoms with Gasteiger partial charge in [0.1, 0.15) is 0 Å². The zero-order valence-electron chi connectivity index (χ0n) is 16.0. The lowest BCUT2D eigenvalue weighted by molar-refractivity contribution is -0.139. The minimum atomic E-state index is -4.99. The van der Waals surface area contributed by atoms with E-state index in [1.807, 2.05) is 0 Å². The first kappa shape index (κ1) is 23.0. The van der Waals surface area contributed by atoms with Gasteiger partial charge in [-0.05, 0) is 42.3 Å². The summed E-state index contributed by atoms with van der Waals surface area (Å²) >= 11 is 0. The Labute approximate surface area is 178 Å². The Balaban J connectivity index is 1.99. The van der Waals surface area contributed by atoms with Crippen molar-refractivity contribution in [3.8, 4) is 0 Å². The smallest absolute Gasteiger partial charge is 0.219 e. The summed E-state index contributed by atoms with van der Waals surface area (Å²) in [5.74, 6) is 0. The second-order valence-corrected chi connectivity index (χ2v) is 10.3. The van der Waals surface area contributed by atoms with Crippen LogP contribution in [0.5, 0.6) is 0 Å². The number of hydrogen-bond donors (Lipinski definition) is 1. The summed E-state index contributed by atoms with van der Waals surface area (Å²) in [6, 6.07) is 17.6. The molecule has 5 nitrogen and oxygen atoms in total. The summed E-state index contributed by atoms with van der Waals surface area (Å²) in [7, 11) is -8.85. The molecule has 3 aromatic carbocycles. The number of sulfonamides is 1. The number of halogens is 3. The van der Waals surface area contributed by atoms with E-state index < -0.39 is 41.4 Å². The molecule has 0 amide bonds. The minimum Gasteiger partial charge on any atom is -0.219 e. The van der Waals surface area contributed by atoms with Gasteiger partial charge in [-0.3, -0.25) is 0 Å². The van der Waals surface area contributed by atoms with E-state index in [1.54, 1.807) is 36.4 Å². The maximum atomic E-state index is 13.5. The largest absolute Gasteiger partial charge is 0.417 e. The summed E-state index contributed by atoms with van der Waals surface area (Å²) in [6.07, 6.45) is -4.73. The predicted octanol–water partition coefficient (Wildman–Crippen LogP) is 4.06. The number of rotatable bonds is 7. The zero-order valence-corrected chi connectivity index (χ0v) is 17.6. The Kier molecular flexibility index (Phi) is 6.54. The van der Waals surface area contributed by atoms with Crippen molar-refractivity contribution in [2.45, 2.75) is 27.3 Å². The summed E-state index contributed by atoms with van der Waals surface area (Å²) in [5, 5.41) is 0. The Morgan fingerprint density at radius 1 is 0.742 bits per heavy atom. The third-order valence-corrected chi connectivity index (χ3v) is 7.73. The molecule has 0 saturated heterocycles. The van der Waals surface area contributed by atoms with Gasteiger partial charge in [0, 0.05) is 6.54 Å². The molecule has 31 heavy (non-hydrogen) atoms. The van der Waals surface area contributed by atoms with Crippen molar-refractivity contribution in [1.82, 2.24) is 4.72 Å². The van der Waals surface area contributed by atoms with Gasteiger partial charge in [-0.1, -0.05) is 48.5 Å². The van der Waals surface area contributed by atoms with Gasteiger partial charge in [-0.15, -0.1) is 0 Å². The zero-order chi connectivity index (χ0) is 22.7. The molecule has 0 saturated carbocycles. The van der Waals surface area contributed by atoms with Crippen LogP contribution in [0, 0.1) is 0 Å². The van der Waals surface area contributed by atoms with Crippen molar-refractivity contribution < 1.29 is 30.0 Å². The molecular weight excluding hydrogens is 451 g/mol. The highest BCUT2D eigenvalue weighted by Crippen LogP contribution is 2.36. The third kappa shape index (κ3) is 5.33. The lowest BCUT2D eigenvalue weighted by Crippen LogP contribution is -2.28. The first-order chi connectivity index (χ1) is 14.5. The lowest BCUT2D eigenvalue weighted by atomic mass is 10.2. The molecule has 10 heteroatoms. The van der Waals surface area contributed by atoms with Crippen molar-refractivity contribution in [3.63, 3.8) is 0 Å². The number of hydrogen-bond acceptors (Lipinski definition) is 4. The number of sulfone groups is 1. The van der Waals surface area contributed by atoms with E-state index in [4.69, 9.17) is 0 Å². The van der Waals surface area contributed by atoms with E-state index in [0.717, 1.165) is 11.6 Å². The van der Waals surface area contributed by atoms with Crippen LogP contribution in [0.4, 0.5) is 13.2 Å². The van der Waals surface area contributed by atoms with Crippen LogP contribution in [-0.2, 0) is 32.5 Å². The normalized spacial score (nSPS) is 12.6. The van der Waals surface area contributed by atoms with E-state index in [1.165, 1.54) is 24.3 Å². The molecule has 0 radical (unpaired) electrons. The Morgan fingerprint density at radius 2 is 1.32 bits per heavy atom. The Morgan fingerprint density at radius 3 is 1.90 bits per heavy atom. The standard InChI is InChI=1S/C21H18F3NO4S2/c22-21(23,24)19-12-11-18(30(26,27)17-9-5-2-6-10-17)15-20(19)31(28,29)25-14-13-16-7-3-1-4-8-16/h1-12,15,25H,13-14H2. The molecule has 0 spiro atoms. The molecule has 3 aromatic rings. The number of nitrogens with one attached hydrogen (secondary N) is 1. The molecule has 0 atom stereocenters. The molecule has 1 N–H and O–H groups in total. The Bertz CT molecular complexity index is 1260. The number of alkyl halides is 3. The van der Waals surface area contributed by atoms with Gasteiger partial charge in [0.2, 0.25) is 19.9 Å². The maximum Gasteiger partial charge on any atom is 0.417 e. The van der Waals surface area contributed by atoms with Crippen molar-refractivity contribution in [3.05, 3.63) is 90.0 Å². The average molecular weight is 470 g/mol. The van der Waals surface area contributed by atoms with Crippen LogP contribution in [0.1, 0.15) is 11.1 Å². The lowest BCUT2D eigenvalue weighted by Gasteiger charge is -2.16.